The van der Waals surface area contributed by atoms with Crippen molar-refractivity contribution in [1.29, 1.82) is 0 Å². The lowest BCUT2D eigenvalue weighted by molar-refractivity contribution is -0.384. The number of H-pyrrole nitrogens is 1. The van der Waals surface area contributed by atoms with Crippen LogP contribution in [0.2, 0.25) is 0 Å². The number of aldehydes is 1. The Morgan fingerprint density at radius 3 is 2.94 bits per heavy atom. The molecule has 0 unspecified atom stereocenters. The van der Waals surface area contributed by atoms with E-state index in [0.717, 1.165) is 5.56 Å². The molecule has 2 aromatic rings. The number of nitro benzene ring substituents is 1. The van der Waals surface area contributed by atoms with Crippen LogP contribution in [0.25, 0.3) is 0 Å². The van der Waals surface area contributed by atoms with E-state index in [9.17, 15) is 14.9 Å². The molecule has 0 spiro atoms. The Kier molecular flexibility index (Phi) is 3.33. The third-order valence-corrected chi connectivity index (χ3v) is 2.39. The van der Waals surface area contributed by atoms with E-state index in [2.05, 4.69) is 15.5 Å². The van der Waals surface area contributed by atoms with Crippen molar-refractivity contribution >= 4 is 17.7 Å². The Bertz CT molecular complexity index is 566. The largest absolute Gasteiger partial charge is 0.375 e. The molecule has 0 saturated carbocycles. The number of nitrogens with one attached hydrogen (secondary N) is 2. The van der Waals surface area contributed by atoms with Gasteiger partial charge in [-0.25, -0.2) is 0 Å². The summed E-state index contributed by atoms with van der Waals surface area (Å²) in [5.74, 6) is 0. The molecule has 0 fully saturated rings. The first-order chi connectivity index (χ1) is 8.70. The highest BCUT2D eigenvalue weighted by atomic mass is 16.6. The number of benzene rings is 1. The molecule has 7 heteroatoms. The fourth-order valence-corrected chi connectivity index (χ4v) is 1.49. The third kappa shape index (κ3) is 2.51. The van der Waals surface area contributed by atoms with Crippen LogP contribution >= 0.6 is 0 Å². The number of hydrogen-bond donors (Lipinski definition) is 2. The summed E-state index contributed by atoms with van der Waals surface area (Å²) in [4.78, 5) is 20.9. The van der Waals surface area contributed by atoms with Gasteiger partial charge in [0, 0.05) is 29.9 Å². The highest BCUT2D eigenvalue weighted by molar-refractivity contribution is 5.79. The van der Waals surface area contributed by atoms with Gasteiger partial charge in [-0.05, 0) is 12.1 Å². The number of nitrogens with zero attached hydrogens (tertiary/aromatic N) is 2. The molecule has 0 aliphatic heterocycles. The van der Waals surface area contributed by atoms with Crippen molar-refractivity contribution in [3.63, 3.8) is 0 Å². The highest BCUT2D eigenvalue weighted by Crippen LogP contribution is 2.25. The maximum absolute atomic E-state index is 10.9. The topological polar surface area (TPSA) is 101 Å². The summed E-state index contributed by atoms with van der Waals surface area (Å²) in [6, 6.07) is 4.28. The fraction of sp³-hybridized carbons (Fsp3) is 0.0909. The van der Waals surface area contributed by atoms with Crippen LogP contribution in [0.15, 0.2) is 30.6 Å². The minimum Gasteiger partial charge on any atom is -0.375 e. The van der Waals surface area contributed by atoms with Gasteiger partial charge in [0.25, 0.3) is 5.69 Å². The predicted molar refractivity (Wildman–Crippen MR) is 64.4 cm³/mol. The van der Waals surface area contributed by atoms with Crippen molar-refractivity contribution in [2.45, 2.75) is 6.54 Å². The standard InChI is InChI=1S/C11H10N4O3/c16-7-8-1-2-10(11(3-8)15(17)18)12-4-9-5-13-14-6-9/h1-3,5-7,12H,4H2,(H,13,14). The number of carbonyl (C=O) groups excluding carboxylic acids is 1. The number of nitro groups is 1. The normalized spacial score (nSPS) is 10.0. The molecule has 0 aliphatic rings. The Morgan fingerprint density at radius 1 is 1.50 bits per heavy atom. The quantitative estimate of drug-likeness (QED) is 0.475. The number of aromatic nitrogens is 2. The minimum absolute atomic E-state index is 0.122. The summed E-state index contributed by atoms with van der Waals surface area (Å²) >= 11 is 0. The lowest BCUT2D eigenvalue weighted by atomic mass is 10.2. The number of rotatable bonds is 5. The lowest BCUT2D eigenvalue weighted by Crippen LogP contribution is -2.02. The summed E-state index contributed by atoms with van der Waals surface area (Å²) in [6.07, 6.45) is 3.89. The molecule has 2 N–H and O–H groups in total. The fourth-order valence-electron chi connectivity index (χ4n) is 1.49. The first kappa shape index (κ1) is 11.8. The summed E-state index contributed by atoms with van der Waals surface area (Å²) in [6.45, 7) is 0.414. The molecule has 0 radical (unpaired) electrons. The van der Waals surface area contributed by atoms with Crippen LogP contribution in [-0.4, -0.2) is 21.4 Å². The maximum atomic E-state index is 10.9. The number of hydrogen-bond acceptors (Lipinski definition) is 5. The van der Waals surface area contributed by atoms with Crippen molar-refractivity contribution in [1.82, 2.24) is 10.2 Å². The van der Waals surface area contributed by atoms with Gasteiger partial charge in [0.1, 0.15) is 12.0 Å². The molecule has 1 aromatic carbocycles. The Labute approximate surface area is 102 Å². The first-order valence-corrected chi connectivity index (χ1v) is 5.16. The summed E-state index contributed by atoms with van der Waals surface area (Å²) in [5, 5.41) is 20.2. The lowest BCUT2D eigenvalue weighted by Gasteiger charge is -2.05. The van der Waals surface area contributed by atoms with Crippen molar-refractivity contribution in [3.05, 3.63) is 51.8 Å². The highest BCUT2D eigenvalue weighted by Gasteiger charge is 2.14. The van der Waals surface area contributed by atoms with Gasteiger partial charge >= 0.3 is 0 Å². The van der Waals surface area contributed by atoms with Crippen LogP contribution in [0.4, 0.5) is 11.4 Å². The molecule has 0 saturated heterocycles. The van der Waals surface area contributed by atoms with Crippen LogP contribution in [-0.2, 0) is 6.54 Å². The second-order valence-electron chi connectivity index (χ2n) is 3.61. The van der Waals surface area contributed by atoms with Gasteiger partial charge in [-0.15, -0.1) is 0 Å². The van der Waals surface area contributed by atoms with Crippen molar-refractivity contribution in [3.8, 4) is 0 Å². The van der Waals surface area contributed by atoms with Crippen LogP contribution in [0.1, 0.15) is 15.9 Å². The van der Waals surface area contributed by atoms with E-state index in [-0.39, 0.29) is 11.3 Å². The van der Waals surface area contributed by atoms with E-state index in [1.165, 1.54) is 18.2 Å². The molecule has 0 amide bonds. The monoisotopic (exact) mass is 246 g/mol. The zero-order valence-corrected chi connectivity index (χ0v) is 9.29. The number of aromatic amines is 1. The zero-order chi connectivity index (χ0) is 13.0. The number of carbonyl (C=O) groups is 1. The molecule has 0 aliphatic carbocycles. The van der Waals surface area contributed by atoms with E-state index in [0.29, 0.717) is 18.5 Å². The van der Waals surface area contributed by atoms with Gasteiger partial charge in [-0.3, -0.25) is 20.0 Å². The molecular weight excluding hydrogens is 236 g/mol. The van der Waals surface area contributed by atoms with Gasteiger partial charge in [-0.2, -0.15) is 5.10 Å². The van der Waals surface area contributed by atoms with Crippen LogP contribution < -0.4 is 5.32 Å². The van der Waals surface area contributed by atoms with Gasteiger partial charge in [0.05, 0.1) is 11.1 Å². The molecular formula is C11H10N4O3. The van der Waals surface area contributed by atoms with Crippen molar-refractivity contribution < 1.29 is 9.72 Å². The second kappa shape index (κ2) is 5.09. The van der Waals surface area contributed by atoms with Crippen molar-refractivity contribution in [2.75, 3.05) is 5.32 Å². The van der Waals surface area contributed by atoms with Gasteiger partial charge in [0.15, 0.2) is 0 Å². The Hall–Kier alpha value is -2.70. The summed E-state index contributed by atoms with van der Waals surface area (Å²) in [5.41, 5.74) is 1.40. The summed E-state index contributed by atoms with van der Waals surface area (Å²) in [7, 11) is 0. The molecule has 0 atom stereocenters. The van der Waals surface area contributed by atoms with Crippen LogP contribution in [0.5, 0.6) is 0 Å². The minimum atomic E-state index is -0.523. The smallest absolute Gasteiger partial charge is 0.293 e. The average molecular weight is 246 g/mol. The molecule has 0 bridgehead atoms. The number of anilines is 1. The van der Waals surface area contributed by atoms with E-state index in [1.54, 1.807) is 12.4 Å². The Morgan fingerprint density at radius 2 is 2.33 bits per heavy atom. The second-order valence-corrected chi connectivity index (χ2v) is 3.61. The van der Waals surface area contributed by atoms with E-state index in [1.807, 2.05) is 0 Å². The summed E-state index contributed by atoms with van der Waals surface area (Å²) < 4.78 is 0. The van der Waals surface area contributed by atoms with Gasteiger partial charge in [0.2, 0.25) is 0 Å². The van der Waals surface area contributed by atoms with E-state index >= 15 is 0 Å². The SMILES string of the molecule is O=Cc1ccc(NCc2cn[nH]c2)c([N+](=O)[O-])c1. The molecule has 1 heterocycles. The molecule has 1 aromatic heterocycles. The van der Waals surface area contributed by atoms with E-state index < -0.39 is 4.92 Å². The molecule has 92 valence electrons. The first-order valence-electron chi connectivity index (χ1n) is 5.16. The zero-order valence-electron chi connectivity index (χ0n) is 9.29. The average Bonchev–Trinajstić information content (AvgIpc) is 2.89. The van der Waals surface area contributed by atoms with Gasteiger partial charge in [-0.1, -0.05) is 0 Å². The molecule has 7 nitrogen and oxygen atoms in total. The predicted octanol–water partition coefficient (Wildman–Crippen LogP) is 1.74. The molecule has 18 heavy (non-hydrogen) atoms. The third-order valence-electron chi connectivity index (χ3n) is 2.39. The Balaban J connectivity index is 2.21. The van der Waals surface area contributed by atoms with Gasteiger partial charge < -0.3 is 5.32 Å². The van der Waals surface area contributed by atoms with E-state index in [4.69, 9.17) is 0 Å². The molecule has 2 rings (SSSR count). The maximum Gasteiger partial charge on any atom is 0.293 e. The van der Waals surface area contributed by atoms with Crippen LogP contribution in [0, 0.1) is 10.1 Å². The van der Waals surface area contributed by atoms with Crippen molar-refractivity contribution in [2.24, 2.45) is 0 Å². The van der Waals surface area contributed by atoms with Crippen LogP contribution in [0.3, 0.4) is 0 Å².